The highest BCUT2D eigenvalue weighted by atomic mass is 16.4. The van der Waals surface area contributed by atoms with Crippen LogP contribution in [0.2, 0.25) is 0 Å². The summed E-state index contributed by atoms with van der Waals surface area (Å²) in [6.45, 7) is 0. The van der Waals surface area contributed by atoms with Gasteiger partial charge in [0.1, 0.15) is 5.82 Å². The van der Waals surface area contributed by atoms with Gasteiger partial charge in [-0.1, -0.05) is 0 Å². The number of aliphatic carboxylic acids is 1. The molecule has 3 N–H and O–H groups in total. The number of hydrogen-bond acceptors (Lipinski definition) is 3. The van der Waals surface area contributed by atoms with Gasteiger partial charge in [0.05, 0.1) is 6.08 Å². The summed E-state index contributed by atoms with van der Waals surface area (Å²) in [6.07, 6.45) is 1.06. The molecule has 0 aromatic rings. The van der Waals surface area contributed by atoms with Crippen molar-refractivity contribution in [3.05, 3.63) is 11.9 Å². The van der Waals surface area contributed by atoms with E-state index in [1.165, 1.54) is 0 Å². The van der Waals surface area contributed by atoms with Crippen molar-refractivity contribution in [3.63, 3.8) is 0 Å². The number of hydrogen-bond donors (Lipinski definition) is 3. The molecule has 0 saturated carbocycles. The van der Waals surface area contributed by atoms with Crippen LogP contribution in [0, 0.1) is 0 Å². The molecule has 4 heteroatoms. The molecule has 0 spiro atoms. The molecular formula is C5H10N2O2. The lowest BCUT2D eigenvalue weighted by atomic mass is 10.5. The van der Waals surface area contributed by atoms with Gasteiger partial charge in [-0.3, -0.25) is 0 Å². The maximum atomic E-state index is 9.97. The highest BCUT2D eigenvalue weighted by Crippen LogP contribution is 1.77. The minimum atomic E-state index is -0.964. The Bertz CT molecular complexity index is 125. The second kappa shape index (κ2) is 3.77. The third-order valence-corrected chi connectivity index (χ3v) is 0.806. The molecule has 4 nitrogen and oxygen atoms in total. The maximum Gasteiger partial charge on any atom is 0.331 e. The van der Waals surface area contributed by atoms with Gasteiger partial charge in [0.2, 0.25) is 0 Å². The molecule has 52 valence electrons. The van der Waals surface area contributed by atoms with Crippen LogP contribution < -0.4 is 10.6 Å². The largest absolute Gasteiger partial charge is 0.478 e. The van der Waals surface area contributed by atoms with Crippen LogP contribution in [0.3, 0.4) is 0 Å². The Morgan fingerprint density at radius 1 is 1.44 bits per heavy atom. The molecule has 0 atom stereocenters. The average molecular weight is 130 g/mol. The fourth-order valence-corrected chi connectivity index (χ4v) is 0.393. The quantitative estimate of drug-likeness (QED) is 0.444. The lowest BCUT2D eigenvalue weighted by molar-refractivity contribution is -0.131. The Morgan fingerprint density at radius 2 is 1.89 bits per heavy atom. The summed E-state index contributed by atoms with van der Waals surface area (Å²) in [4.78, 5) is 9.97. The lowest BCUT2D eigenvalue weighted by Crippen LogP contribution is -2.20. The van der Waals surface area contributed by atoms with Crippen molar-refractivity contribution < 1.29 is 9.90 Å². The van der Waals surface area contributed by atoms with Crippen molar-refractivity contribution in [1.29, 1.82) is 0 Å². The monoisotopic (exact) mass is 130 g/mol. The van der Waals surface area contributed by atoms with Crippen molar-refractivity contribution in [2.75, 3.05) is 14.1 Å². The third kappa shape index (κ3) is 3.40. The zero-order chi connectivity index (χ0) is 7.28. The number of rotatable bonds is 3. The standard InChI is InChI=1S/C5H10N2O2/c1-6-4(7-2)3-5(8)9/h3,6-7H,1-2H3,(H,8,9). The van der Waals surface area contributed by atoms with E-state index in [-0.39, 0.29) is 0 Å². The molecule has 0 aliphatic rings. The first-order chi connectivity index (χ1) is 4.20. The molecule has 0 aromatic carbocycles. The van der Waals surface area contributed by atoms with Gasteiger partial charge >= 0.3 is 5.97 Å². The molecule has 0 aromatic heterocycles. The van der Waals surface area contributed by atoms with Crippen LogP contribution in [0.5, 0.6) is 0 Å². The van der Waals surface area contributed by atoms with E-state index >= 15 is 0 Å². The highest BCUT2D eigenvalue weighted by molar-refractivity contribution is 5.80. The molecular weight excluding hydrogens is 120 g/mol. The zero-order valence-corrected chi connectivity index (χ0v) is 5.43. The average Bonchev–Trinajstić information content (AvgIpc) is 1.82. The van der Waals surface area contributed by atoms with E-state index in [1.807, 2.05) is 0 Å². The molecule has 0 saturated heterocycles. The molecule has 0 fully saturated rings. The van der Waals surface area contributed by atoms with Crippen LogP contribution in [0.4, 0.5) is 0 Å². The molecule has 0 aliphatic carbocycles. The number of carbonyl (C=O) groups is 1. The lowest BCUT2D eigenvalue weighted by Gasteiger charge is -2.01. The molecule has 0 aliphatic heterocycles. The first kappa shape index (κ1) is 7.81. The Morgan fingerprint density at radius 3 is 2.00 bits per heavy atom. The Kier molecular flexibility index (Phi) is 3.27. The molecule has 9 heavy (non-hydrogen) atoms. The van der Waals surface area contributed by atoms with E-state index in [0.717, 1.165) is 6.08 Å². The van der Waals surface area contributed by atoms with Gasteiger partial charge in [-0.15, -0.1) is 0 Å². The van der Waals surface area contributed by atoms with Crippen molar-refractivity contribution in [3.8, 4) is 0 Å². The fourth-order valence-electron chi connectivity index (χ4n) is 0.393. The maximum absolute atomic E-state index is 9.97. The predicted octanol–water partition coefficient (Wildman–Crippen LogP) is -0.649. The minimum Gasteiger partial charge on any atom is -0.478 e. The van der Waals surface area contributed by atoms with Crippen LogP contribution in [0.1, 0.15) is 0 Å². The topological polar surface area (TPSA) is 61.4 Å². The molecule has 0 radical (unpaired) electrons. The second-order valence-electron chi connectivity index (χ2n) is 1.40. The summed E-state index contributed by atoms with van der Waals surface area (Å²) < 4.78 is 0. The van der Waals surface area contributed by atoms with Crippen molar-refractivity contribution in [2.45, 2.75) is 0 Å². The number of nitrogens with one attached hydrogen (secondary N) is 2. The van der Waals surface area contributed by atoms with E-state index in [4.69, 9.17) is 5.11 Å². The van der Waals surface area contributed by atoms with Crippen LogP contribution >= 0.6 is 0 Å². The Balaban J connectivity index is 3.91. The van der Waals surface area contributed by atoms with Crippen molar-refractivity contribution in [1.82, 2.24) is 10.6 Å². The summed E-state index contributed by atoms with van der Waals surface area (Å²) in [6, 6.07) is 0. The van der Waals surface area contributed by atoms with Gasteiger partial charge in [0.25, 0.3) is 0 Å². The van der Waals surface area contributed by atoms with Gasteiger partial charge in [-0.25, -0.2) is 4.79 Å². The van der Waals surface area contributed by atoms with E-state index < -0.39 is 5.97 Å². The Hall–Kier alpha value is -1.19. The summed E-state index contributed by atoms with van der Waals surface area (Å²) in [5.41, 5.74) is 0. The summed E-state index contributed by atoms with van der Waals surface area (Å²) >= 11 is 0. The molecule has 0 rings (SSSR count). The molecule has 0 heterocycles. The van der Waals surface area contributed by atoms with Gasteiger partial charge in [0.15, 0.2) is 0 Å². The number of carboxylic acid groups (broad SMARTS) is 1. The first-order valence-electron chi connectivity index (χ1n) is 2.51. The second-order valence-corrected chi connectivity index (χ2v) is 1.40. The fraction of sp³-hybridized carbons (Fsp3) is 0.400. The third-order valence-electron chi connectivity index (χ3n) is 0.806. The molecule has 0 amide bonds. The van der Waals surface area contributed by atoms with E-state index in [1.54, 1.807) is 14.1 Å². The van der Waals surface area contributed by atoms with E-state index in [2.05, 4.69) is 10.6 Å². The van der Waals surface area contributed by atoms with Gasteiger partial charge in [-0.05, 0) is 0 Å². The van der Waals surface area contributed by atoms with Crippen LogP contribution in [0.25, 0.3) is 0 Å². The first-order valence-corrected chi connectivity index (χ1v) is 2.51. The van der Waals surface area contributed by atoms with Crippen LogP contribution in [-0.2, 0) is 4.79 Å². The van der Waals surface area contributed by atoms with E-state index in [9.17, 15) is 4.79 Å². The highest BCUT2D eigenvalue weighted by Gasteiger charge is 1.91. The van der Waals surface area contributed by atoms with Crippen molar-refractivity contribution >= 4 is 5.97 Å². The number of carboxylic acids is 1. The zero-order valence-electron chi connectivity index (χ0n) is 5.43. The smallest absolute Gasteiger partial charge is 0.331 e. The van der Waals surface area contributed by atoms with Gasteiger partial charge < -0.3 is 15.7 Å². The summed E-state index contributed by atoms with van der Waals surface area (Å²) in [7, 11) is 3.29. The Labute approximate surface area is 53.6 Å². The molecule has 0 unspecified atom stereocenters. The van der Waals surface area contributed by atoms with Gasteiger partial charge in [-0.2, -0.15) is 0 Å². The van der Waals surface area contributed by atoms with E-state index in [0.29, 0.717) is 5.82 Å². The van der Waals surface area contributed by atoms with Crippen LogP contribution in [-0.4, -0.2) is 25.2 Å². The van der Waals surface area contributed by atoms with Crippen LogP contribution in [0.15, 0.2) is 11.9 Å². The minimum absolute atomic E-state index is 0.488. The normalized spacial score (nSPS) is 7.78. The van der Waals surface area contributed by atoms with Crippen molar-refractivity contribution in [2.24, 2.45) is 0 Å². The predicted molar refractivity (Wildman–Crippen MR) is 33.8 cm³/mol. The summed E-state index contributed by atoms with van der Waals surface area (Å²) in [5.74, 6) is -0.476. The summed E-state index contributed by atoms with van der Waals surface area (Å²) in [5, 5.41) is 13.5. The molecule has 0 bridgehead atoms. The SMILES string of the molecule is CNC(=CC(=O)O)NC. The van der Waals surface area contributed by atoms with Gasteiger partial charge in [0, 0.05) is 14.1 Å².